The lowest BCUT2D eigenvalue weighted by molar-refractivity contribution is 0.140. The molecule has 0 aliphatic carbocycles. The van der Waals surface area contributed by atoms with Gasteiger partial charge in [0.05, 0.1) is 0 Å². The van der Waals surface area contributed by atoms with Gasteiger partial charge in [-0.05, 0) is 38.1 Å². The highest BCUT2D eigenvalue weighted by Crippen LogP contribution is 2.23. The molecule has 1 aromatic heterocycles. The number of para-hydroxylation sites is 1. The van der Waals surface area contributed by atoms with E-state index in [2.05, 4.69) is 52.7 Å². The molecule has 1 aliphatic heterocycles. The molecule has 0 saturated carbocycles. The Balaban J connectivity index is 1.79. The molecule has 2 heterocycles. The third kappa shape index (κ3) is 2.67. The number of rotatable bonds is 4. The third-order valence-electron chi connectivity index (χ3n) is 4.24. The Morgan fingerprint density at radius 1 is 1.32 bits per heavy atom. The largest absolute Gasteiger partial charge is 0.361 e. The van der Waals surface area contributed by atoms with Crippen molar-refractivity contribution in [2.45, 2.75) is 31.8 Å². The summed E-state index contributed by atoms with van der Waals surface area (Å²) in [5, 5.41) is 4.71. The number of nitrogens with one attached hydrogen (secondary N) is 2. The van der Waals surface area contributed by atoms with Gasteiger partial charge in [0.25, 0.3) is 0 Å². The van der Waals surface area contributed by atoms with E-state index in [1.165, 1.54) is 42.3 Å². The molecule has 0 amide bonds. The summed E-state index contributed by atoms with van der Waals surface area (Å²) < 4.78 is 0. The Bertz CT molecular complexity index is 530. The van der Waals surface area contributed by atoms with Crippen molar-refractivity contribution in [3.63, 3.8) is 0 Å². The quantitative estimate of drug-likeness (QED) is 0.882. The molecule has 3 heteroatoms. The second kappa shape index (κ2) is 5.76. The number of fused-ring (bicyclic) bond motifs is 1. The van der Waals surface area contributed by atoms with Gasteiger partial charge in [-0.1, -0.05) is 24.6 Å². The van der Waals surface area contributed by atoms with Crippen LogP contribution in [0.1, 0.15) is 24.8 Å². The van der Waals surface area contributed by atoms with Crippen molar-refractivity contribution in [2.24, 2.45) is 0 Å². The van der Waals surface area contributed by atoms with Gasteiger partial charge in [0.2, 0.25) is 0 Å². The normalized spacial score (nSPS) is 21.0. The van der Waals surface area contributed by atoms with E-state index in [1.54, 1.807) is 0 Å². The molecular weight excluding hydrogens is 234 g/mol. The molecule has 2 N–H and O–H groups in total. The lowest BCUT2D eigenvalue weighted by atomic mass is 10.0. The van der Waals surface area contributed by atoms with E-state index < -0.39 is 0 Å². The Hall–Kier alpha value is -1.32. The van der Waals surface area contributed by atoms with E-state index in [-0.39, 0.29) is 0 Å². The van der Waals surface area contributed by atoms with Crippen LogP contribution in [0.3, 0.4) is 0 Å². The molecule has 0 bridgehead atoms. The average Bonchev–Trinajstić information content (AvgIpc) is 2.85. The number of H-pyrrole nitrogens is 1. The molecule has 1 aromatic carbocycles. The Morgan fingerprint density at radius 2 is 2.21 bits per heavy atom. The Morgan fingerprint density at radius 3 is 3.11 bits per heavy atom. The minimum absolute atomic E-state index is 0.687. The fourth-order valence-electron chi connectivity index (χ4n) is 3.22. The van der Waals surface area contributed by atoms with Crippen LogP contribution in [0.25, 0.3) is 10.9 Å². The molecule has 19 heavy (non-hydrogen) atoms. The number of likely N-dealkylation sites (tertiary alicyclic amines) is 1. The highest BCUT2D eigenvalue weighted by atomic mass is 15.2. The molecule has 3 nitrogen and oxygen atoms in total. The highest BCUT2D eigenvalue weighted by Gasteiger charge is 2.22. The number of likely N-dealkylation sites (N-methyl/N-ethyl adjacent to an activating group) is 1. The maximum Gasteiger partial charge on any atom is 0.0457 e. The predicted molar refractivity (Wildman–Crippen MR) is 80.3 cm³/mol. The molecule has 1 saturated heterocycles. The molecule has 1 aliphatic rings. The zero-order chi connectivity index (χ0) is 13.1. The smallest absolute Gasteiger partial charge is 0.0457 e. The van der Waals surface area contributed by atoms with Crippen LogP contribution in [0.2, 0.25) is 0 Å². The predicted octanol–water partition coefficient (Wildman–Crippen LogP) is 2.74. The first-order valence-corrected chi connectivity index (χ1v) is 7.32. The number of nitrogens with zero attached hydrogens (tertiary/aromatic N) is 1. The number of piperidine rings is 1. The van der Waals surface area contributed by atoms with E-state index in [9.17, 15) is 0 Å². The summed E-state index contributed by atoms with van der Waals surface area (Å²) in [6.45, 7) is 3.39. The molecule has 2 aromatic rings. The van der Waals surface area contributed by atoms with Gasteiger partial charge in [-0.3, -0.25) is 4.90 Å². The Kier molecular flexibility index (Phi) is 3.85. The number of hydrogen-bond acceptors (Lipinski definition) is 2. The van der Waals surface area contributed by atoms with E-state index in [0.717, 1.165) is 13.1 Å². The van der Waals surface area contributed by atoms with E-state index in [1.807, 2.05) is 0 Å². The van der Waals surface area contributed by atoms with Crippen molar-refractivity contribution in [1.82, 2.24) is 15.2 Å². The second-order valence-electron chi connectivity index (χ2n) is 5.54. The van der Waals surface area contributed by atoms with Gasteiger partial charge in [-0.15, -0.1) is 0 Å². The standard InChI is InChI=1S/C16H23N3/c1-17-11-14-6-4-5-9-19(14)12-13-10-18-16-8-3-2-7-15(13)16/h2-3,7-8,10,14,17-18H,4-6,9,11-12H2,1H3. The van der Waals surface area contributed by atoms with Crippen molar-refractivity contribution in [2.75, 3.05) is 20.1 Å². The van der Waals surface area contributed by atoms with E-state index in [4.69, 9.17) is 0 Å². The fraction of sp³-hybridized carbons (Fsp3) is 0.500. The number of aromatic nitrogens is 1. The molecule has 1 atom stereocenters. The minimum atomic E-state index is 0.687. The summed E-state index contributed by atoms with van der Waals surface area (Å²) in [7, 11) is 2.05. The minimum Gasteiger partial charge on any atom is -0.361 e. The van der Waals surface area contributed by atoms with Crippen molar-refractivity contribution >= 4 is 10.9 Å². The van der Waals surface area contributed by atoms with Gasteiger partial charge in [-0.25, -0.2) is 0 Å². The van der Waals surface area contributed by atoms with Gasteiger partial charge in [0.15, 0.2) is 0 Å². The van der Waals surface area contributed by atoms with Gasteiger partial charge in [0, 0.05) is 36.2 Å². The van der Waals surface area contributed by atoms with Crippen molar-refractivity contribution in [3.05, 3.63) is 36.0 Å². The van der Waals surface area contributed by atoms with Crippen molar-refractivity contribution in [3.8, 4) is 0 Å². The summed E-state index contributed by atoms with van der Waals surface area (Å²) in [5.41, 5.74) is 2.68. The molecule has 0 radical (unpaired) electrons. The van der Waals surface area contributed by atoms with Gasteiger partial charge >= 0.3 is 0 Å². The topological polar surface area (TPSA) is 31.1 Å². The van der Waals surface area contributed by atoms with Gasteiger partial charge in [-0.2, -0.15) is 0 Å². The maximum absolute atomic E-state index is 3.38. The summed E-state index contributed by atoms with van der Waals surface area (Å²) in [6, 6.07) is 9.28. The second-order valence-corrected chi connectivity index (χ2v) is 5.54. The number of benzene rings is 1. The van der Waals surface area contributed by atoms with Gasteiger partial charge in [0.1, 0.15) is 0 Å². The zero-order valence-corrected chi connectivity index (χ0v) is 11.7. The summed E-state index contributed by atoms with van der Waals surface area (Å²) in [5.74, 6) is 0. The average molecular weight is 257 g/mol. The van der Waals surface area contributed by atoms with Crippen LogP contribution in [0.4, 0.5) is 0 Å². The lowest BCUT2D eigenvalue weighted by Gasteiger charge is -2.35. The monoisotopic (exact) mass is 257 g/mol. The van der Waals surface area contributed by atoms with Crippen LogP contribution in [-0.4, -0.2) is 36.1 Å². The van der Waals surface area contributed by atoms with Gasteiger partial charge < -0.3 is 10.3 Å². The maximum atomic E-state index is 3.38. The first-order valence-electron chi connectivity index (χ1n) is 7.32. The van der Waals surface area contributed by atoms with Crippen LogP contribution in [0.15, 0.2) is 30.5 Å². The summed E-state index contributed by atoms with van der Waals surface area (Å²) in [6.07, 6.45) is 6.21. The van der Waals surface area contributed by atoms with Crippen LogP contribution < -0.4 is 5.32 Å². The first-order chi connectivity index (χ1) is 9.38. The summed E-state index contributed by atoms with van der Waals surface area (Å²) >= 11 is 0. The highest BCUT2D eigenvalue weighted by molar-refractivity contribution is 5.82. The molecule has 102 valence electrons. The number of aromatic amines is 1. The van der Waals surface area contributed by atoms with Crippen LogP contribution in [0, 0.1) is 0 Å². The van der Waals surface area contributed by atoms with Crippen molar-refractivity contribution in [1.29, 1.82) is 0 Å². The van der Waals surface area contributed by atoms with E-state index >= 15 is 0 Å². The molecule has 0 spiro atoms. The number of hydrogen-bond donors (Lipinski definition) is 2. The van der Waals surface area contributed by atoms with Crippen LogP contribution in [-0.2, 0) is 6.54 Å². The molecule has 1 unspecified atom stereocenters. The first kappa shape index (κ1) is 12.7. The van der Waals surface area contributed by atoms with Crippen LogP contribution >= 0.6 is 0 Å². The van der Waals surface area contributed by atoms with Crippen molar-refractivity contribution < 1.29 is 0 Å². The van der Waals surface area contributed by atoms with Crippen LogP contribution in [0.5, 0.6) is 0 Å². The molecule has 3 rings (SSSR count). The lowest BCUT2D eigenvalue weighted by Crippen LogP contribution is -2.44. The zero-order valence-electron chi connectivity index (χ0n) is 11.7. The Labute approximate surface area is 115 Å². The fourth-order valence-corrected chi connectivity index (χ4v) is 3.22. The third-order valence-corrected chi connectivity index (χ3v) is 4.24. The molecule has 1 fully saturated rings. The summed E-state index contributed by atoms with van der Waals surface area (Å²) in [4.78, 5) is 6.02. The SMILES string of the molecule is CNCC1CCCCN1Cc1c[nH]c2ccccc12. The van der Waals surface area contributed by atoms with E-state index in [0.29, 0.717) is 6.04 Å². The molecular formula is C16H23N3.